The van der Waals surface area contributed by atoms with Crippen LogP contribution in [0.4, 0.5) is 4.39 Å². The summed E-state index contributed by atoms with van der Waals surface area (Å²) in [5.41, 5.74) is -1.01. The first kappa shape index (κ1) is 16.2. The van der Waals surface area contributed by atoms with Crippen LogP contribution in [0.1, 0.15) is 59.3 Å². The number of halogens is 1. The molecule has 4 rings (SSSR count). The Morgan fingerprint density at radius 1 is 1.17 bits per heavy atom. The molecule has 3 heteroatoms. The number of hydrogen-bond donors (Lipinski definition) is 0. The zero-order chi connectivity index (χ0) is 17.3. The minimum absolute atomic E-state index is 0.000557. The molecular weight excluding hydrogens is 303 g/mol. The van der Waals surface area contributed by atoms with Gasteiger partial charge < -0.3 is 0 Å². The van der Waals surface area contributed by atoms with Gasteiger partial charge in [0, 0.05) is 11.3 Å². The SMILES string of the molecule is CC(=O)[C@H]1CC[C@H]2[C@@H]3CCC4=CC(=O)C=C[C@]4(C)[C@@]3(F)CC[C@]12C. The molecule has 0 unspecified atom stereocenters. The maximum Gasteiger partial charge on any atom is 0.178 e. The van der Waals surface area contributed by atoms with E-state index in [2.05, 4.69) is 6.92 Å². The topological polar surface area (TPSA) is 34.1 Å². The van der Waals surface area contributed by atoms with Gasteiger partial charge in [0.15, 0.2) is 5.78 Å². The molecule has 6 atom stereocenters. The van der Waals surface area contributed by atoms with Gasteiger partial charge in [-0.25, -0.2) is 4.39 Å². The van der Waals surface area contributed by atoms with Crippen LogP contribution >= 0.6 is 0 Å². The largest absolute Gasteiger partial charge is 0.300 e. The predicted octanol–water partition coefficient (Wildman–Crippen LogP) is 4.59. The Labute approximate surface area is 143 Å². The summed E-state index contributed by atoms with van der Waals surface area (Å²) in [5, 5.41) is 0. The average Bonchev–Trinajstić information content (AvgIpc) is 2.87. The lowest BCUT2D eigenvalue weighted by molar-refractivity contribution is -0.140. The number of allylic oxidation sites excluding steroid dienone is 4. The van der Waals surface area contributed by atoms with Crippen LogP contribution in [0.25, 0.3) is 0 Å². The van der Waals surface area contributed by atoms with Crippen molar-refractivity contribution in [3.05, 3.63) is 23.8 Å². The van der Waals surface area contributed by atoms with E-state index in [1.165, 1.54) is 0 Å². The first-order valence-corrected chi connectivity index (χ1v) is 9.36. The number of carbonyl (C=O) groups excluding carboxylic acids is 2. The van der Waals surface area contributed by atoms with E-state index in [0.717, 1.165) is 37.7 Å². The third-order valence-corrected chi connectivity index (χ3v) is 8.15. The summed E-state index contributed by atoms with van der Waals surface area (Å²) in [5.74, 6) is 0.648. The molecule has 0 aliphatic heterocycles. The van der Waals surface area contributed by atoms with Gasteiger partial charge in [-0.2, -0.15) is 0 Å². The smallest absolute Gasteiger partial charge is 0.178 e. The highest BCUT2D eigenvalue weighted by Gasteiger charge is 2.66. The summed E-state index contributed by atoms with van der Waals surface area (Å²) in [4.78, 5) is 23.9. The molecule has 0 heterocycles. The third kappa shape index (κ3) is 1.82. The second-order valence-electron chi connectivity index (χ2n) is 8.97. The Bertz CT molecular complexity index is 677. The molecule has 2 nitrogen and oxygen atoms in total. The molecular formula is C21H27FO2. The van der Waals surface area contributed by atoms with Crippen LogP contribution in [0.5, 0.6) is 0 Å². The van der Waals surface area contributed by atoms with E-state index in [9.17, 15) is 9.59 Å². The van der Waals surface area contributed by atoms with Gasteiger partial charge in [0.2, 0.25) is 0 Å². The number of ketones is 2. The first-order valence-electron chi connectivity index (χ1n) is 9.36. The van der Waals surface area contributed by atoms with Crippen LogP contribution in [-0.2, 0) is 9.59 Å². The van der Waals surface area contributed by atoms with Gasteiger partial charge in [0.05, 0.1) is 0 Å². The standard InChI is InChI=1S/C21H27FO2/c1-13(23)16-6-7-17-18-5-4-14-12-15(24)8-9-20(14,3)21(18,22)11-10-19(16,17)2/h8-9,12,16-18H,4-7,10-11H2,1-3H3/t16-,17+,18+,19-,20+,21-/m1/s1. The minimum Gasteiger partial charge on any atom is -0.300 e. The van der Waals surface area contributed by atoms with E-state index >= 15 is 4.39 Å². The van der Waals surface area contributed by atoms with Gasteiger partial charge in [-0.15, -0.1) is 0 Å². The molecule has 0 spiro atoms. The molecule has 0 bridgehead atoms. The van der Waals surface area contributed by atoms with Gasteiger partial charge >= 0.3 is 0 Å². The van der Waals surface area contributed by atoms with Crippen molar-refractivity contribution < 1.29 is 14.0 Å². The van der Waals surface area contributed by atoms with Crippen molar-refractivity contribution in [2.24, 2.45) is 28.6 Å². The Hall–Kier alpha value is -1.25. The first-order chi connectivity index (χ1) is 11.2. The Balaban J connectivity index is 1.75. The van der Waals surface area contributed by atoms with E-state index in [0.29, 0.717) is 6.42 Å². The van der Waals surface area contributed by atoms with Crippen molar-refractivity contribution in [3.8, 4) is 0 Å². The zero-order valence-corrected chi connectivity index (χ0v) is 14.9. The highest BCUT2D eigenvalue weighted by Crippen LogP contribution is 2.68. The fraction of sp³-hybridized carbons (Fsp3) is 0.714. The Kier molecular flexibility index (Phi) is 3.31. The molecule has 24 heavy (non-hydrogen) atoms. The lowest BCUT2D eigenvalue weighted by Crippen LogP contribution is -2.60. The van der Waals surface area contributed by atoms with Crippen molar-refractivity contribution in [2.45, 2.75) is 65.0 Å². The van der Waals surface area contributed by atoms with Crippen LogP contribution in [0.2, 0.25) is 0 Å². The number of fused-ring (bicyclic) bond motifs is 5. The van der Waals surface area contributed by atoms with Crippen LogP contribution in [0.3, 0.4) is 0 Å². The molecule has 3 saturated carbocycles. The van der Waals surface area contributed by atoms with E-state index < -0.39 is 11.1 Å². The Morgan fingerprint density at radius 2 is 1.92 bits per heavy atom. The van der Waals surface area contributed by atoms with Crippen LogP contribution in [-0.4, -0.2) is 17.2 Å². The van der Waals surface area contributed by atoms with Gasteiger partial charge in [-0.05, 0) is 81.8 Å². The van der Waals surface area contributed by atoms with Gasteiger partial charge in [0.1, 0.15) is 11.5 Å². The van der Waals surface area contributed by atoms with Crippen molar-refractivity contribution >= 4 is 11.6 Å². The number of rotatable bonds is 1. The van der Waals surface area contributed by atoms with E-state index in [-0.39, 0.29) is 34.7 Å². The van der Waals surface area contributed by atoms with Crippen molar-refractivity contribution in [3.63, 3.8) is 0 Å². The summed E-state index contributed by atoms with van der Waals surface area (Å²) in [6, 6.07) is 0. The second kappa shape index (κ2) is 4.89. The predicted molar refractivity (Wildman–Crippen MR) is 91.1 cm³/mol. The molecule has 0 aromatic heterocycles. The van der Waals surface area contributed by atoms with Gasteiger partial charge in [-0.1, -0.05) is 18.6 Å². The molecule has 0 amide bonds. The fourth-order valence-corrected chi connectivity index (χ4v) is 6.76. The third-order valence-electron chi connectivity index (χ3n) is 8.15. The van der Waals surface area contributed by atoms with E-state index in [1.54, 1.807) is 19.1 Å². The average molecular weight is 330 g/mol. The molecule has 4 aliphatic carbocycles. The molecule has 4 aliphatic rings. The molecule has 0 N–H and O–H groups in total. The lowest BCUT2D eigenvalue weighted by Gasteiger charge is -2.60. The van der Waals surface area contributed by atoms with Gasteiger partial charge in [-0.3, -0.25) is 9.59 Å². The minimum atomic E-state index is -1.29. The number of alkyl halides is 1. The highest BCUT2D eigenvalue weighted by molar-refractivity contribution is 6.01. The van der Waals surface area contributed by atoms with Crippen LogP contribution in [0.15, 0.2) is 23.8 Å². The highest BCUT2D eigenvalue weighted by atomic mass is 19.1. The summed E-state index contributed by atoms with van der Waals surface area (Å²) in [6.07, 6.45) is 9.82. The number of Topliss-reactive ketones (excluding diaryl/α,β-unsaturated/α-hetero) is 1. The summed E-state index contributed by atoms with van der Waals surface area (Å²) in [6.45, 7) is 5.91. The lowest BCUT2D eigenvalue weighted by atomic mass is 9.46. The molecule has 0 radical (unpaired) electrons. The van der Waals surface area contributed by atoms with Crippen LogP contribution in [0, 0.1) is 28.6 Å². The number of carbonyl (C=O) groups is 2. The molecule has 0 saturated heterocycles. The molecule has 130 valence electrons. The molecule has 0 aromatic rings. The maximum absolute atomic E-state index is 16.5. The normalized spacial score (nSPS) is 49.9. The van der Waals surface area contributed by atoms with E-state index in [4.69, 9.17) is 0 Å². The quantitative estimate of drug-likeness (QED) is 0.704. The van der Waals surface area contributed by atoms with Crippen molar-refractivity contribution in [1.82, 2.24) is 0 Å². The molecule has 0 aromatic carbocycles. The zero-order valence-electron chi connectivity index (χ0n) is 14.9. The number of hydrogen-bond acceptors (Lipinski definition) is 2. The van der Waals surface area contributed by atoms with Crippen molar-refractivity contribution in [2.75, 3.05) is 0 Å². The van der Waals surface area contributed by atoms with E-state index in [1.807, 2.05) is 13.0 Å². The summed E-state index contributed by atoms with van der Waals surface area (Å²) < 4.78 is 16.5. The van der Waals surface area contributed by atoms with Crippen LogP contribution < -0.4 is 0 Å². The Morgan fingerprint density at radius 3 is 2.62 bits per heavy atom. The monoisotopic (exact) mass is 330 g/mol. The molecule has 3 fully saturated rings. The fourth-order valence-electron chi connectivity index (χ4n) is 6.76. The maximum atomic E-state index is 16.5. The second-order valence-corrected chi connectivity index (χ2v) is 8.97. The van der Waals surface area contributed by atoms with Crippen molar-refractivity contribution in [1.29, 1.82) is 0 Å². The summed E-state index contributed by atoms with van der Waals surface area (Å²) >= 11 is 0. The van der Waals surface area contributed by atoms with Gasteiger partial charge in [0.25, 0.3) is 0 Å². The summed E-state index contributed by atoms with van der Waals surface area (Å²) in [7, 11) is 0.